The van der Waals surface area contributed by atoms with Crippen molar-refractivity contribution >= 4 is 44.3 Å². The summed E-state index contributed by atoms with van der Waals surface area (Å²) in [7, 11) is 0. The Kier molecular flexibility index (Phi) is 11.0. The standard InChI is InChI=1S/C40H36N4O8/c45-33-13-9-27-5-1-3-7-31(27)39(33)43-41-29-11-15-35-37(25-29)51-23-19-48-20-24-52-38-26-30(12-16-36(38)50-22-18-47-17-21-49-35)42-44-40-32-8-4-2-6-28(32)10-14-34(40)46/h1-16,25-26,45-46H,17-24H2. The normalized spacial score (nSPS) is 14.8. The van der Waals surface area contributed by atoms with Gasteiger partial charge in [0.05, 0.1) is 37.8 Å². The van der Waals surface area contributed by atoms with Crippen molar-refractivity contribution in [1.82, 2.24) is 0 Å². The van der Waals surface area contributed by atoms with Crippen molar-refractivity contribution in [2.24, 2.45) is 20.5 Å². The van der Waals surface area contributed by atoms with E-state index in [1.807, 2.05) is 60.7 Å². The van der Waals surface area contributed by atoms with Crippen LogP contribution in [0.2, 0.25) is 0 Å². The van der Waals surface area contributed by atoms with E-state index in [0.29, 0.717) is 59.0 Å². The Morgan fingerprint density at radius 2 is 0.788 bits per heavy atom. The highest BCUT2D eigenvalue weighted by Crippen LogP contribution is 2.39. The smallest absolute Gasteiger partial charge is 0.163 e. The predicted octanol–water partition coefficient (Wildman–Crippen LogP) is 9.50. The average molecular weight is 701 g/mol. The highest BCUT2D eigenvalue weighted by Gasteiger charge is 2.12. The molecule has 0 atom stereocenters. The second-order valence-electron chi connectivity index (χ2n) is 11.6. The number of ether oxygens (including phenoxy) is 6. The summed E-state index contributed by atoms with van der Waals surface area (Å²) in [5.41, 5.74) is 1.81. The quantitative estimate of drug-likeness (QED) is 0.173. The first-order valence-corrected chi connectivity index (χ1v) is 16.8. The zero-order chi connectivity index (χ0) is 35.5. The molecule has 12 nitrogen and oxygen atoms in total. The van der Waals surface area contributed by atoms with E-state index in [2.05, 4.69) is 20.5 Å². The number of hydrogen-bond acceptors (Lipinski definition) is 12. The summed E-state index contributed by atoms with van der Waals surface area (Å²) < 4.78 is 35.6. The summed E-state index contributed by atoms with van der Waals surface area (Å²) in [5.74, 6) is 2.06. The number of nitrogens with zero attached hydrogens (tertiary/aromatic N) is 4. The molecule has 1 aliphatic heterocycles. The Morgan fingerprint density at radius 3 is 1.23 bits per heavy atom. The molecule has 6 aromatic rings. The highest BCUT2D eigenvalue weighted by molar-refractivity contribution is 5.96. The van der Waals surface area contributed by atoms with Crippen molar-refractivity contribution in [3.63, 3.8) is 0 Å². The molecule has 0 bridgehead atoms. The van der Waals surface area contributed by atoms with Crippen LogP contribution in [0.4, 0.5) is 22.7 Å². The van der Waals surface area contributed by atoms with Crippen molar-refractivity contribution in [2.45, 2.75) is 0 Å². The number of azo groups is 2. The lowest BCUT2D eigenvalue weighted by Crippen LogP contribution is -2.15. The van der Waals surface area contributed by atoms with Crippen LogP contribution in [0, 0.1) is 0 Å². The average Bonchev–Trinajstić information content (AvgIpc) is 3.17. The first-order valence-electron chi connectivity index (χ1n) is 16.8. The Balaban J connectivity index is 1.01. The summed E-state index contributed by atoms with van der Waals surface area (Å²) in [6.07, 6.45) is 0. The molecule has 7 rings (SSSR count). The van der Waals surface area contributed by atoms with Crippen LogP contribution in [0.1, 0.15) is 0 Å². The van der Waals surface area contributed by atoms with Crippen LogP contribution in [-0.4, -0.2) is 63.1 Å². The fourth-order valence-electron chi connectivity index (χ4n) is 5.54. The summed E-state index contributed by atoms with van der Waals surface area (Å²) in [5, 5.41) is 41.9. The lowest BCUT2D eigenvalue weighted by Gasteiger charge is -2.16. The van der Waals surface area contributed by atoms with Crippen LogP contribution < -0.4 is 18.9 Å². The molecule has 0 unspecified atom stereocenters. The molecule has 6 aromatic carbocycles. The molecule has 0 amide bonds. The summed E-state index contributed by atoms with van der Waals surface area (Å²) in [6.45, 7) is 2.23. The van der Waals surface area contributed by atoms with E-state index < -0.39 is 0 Å². The fourth-order valence-corrected chi connectivity index (χ4v) is 5.54. The first kappa shape index (κ1) is 34.2. The zero-order valence-corrected chi connectivity index (χ0v) is 28.2. The van der Waals surface area contributed by atoms with Gasteiger partial charge in [0.15, 0.2) is 23.0 Å². The highest BCUT2D eigenvalue weighted by atomic mass is 16.6. The Bertz CT molecular complexity index is 2070. The third-order valence-electron chi connectivity index (χ3n) is 8.09. The Labute approximate surface area is 299 Å². The topological polar surface area (TPSA) is 145 Å². The number of fused-ring (bicyclic) bond motifs is 4. The van der Waals surface area contributed by atoms with Gasteiger partial charge in [-0.05, 0) is 47.2 Å². The van der Waals surface area contributed by atoms with Gasteiger partial charge in [-0.1, -0.05) is 60.7 Å². The van der Waals surface area contributed by atoms with Gasteiger partial charge in [0.25, 0.3) is 0 Å². The summed E-state index contributed by atoms with van der Waals surface area (Å²) in [4.78, 5) is 0. The molecule has 0 aromatic heterocycles. The molecule has 264 valence electrons. The molecule has 1 heterocycles. The molecule has 0 radical (unpaired) electrons. The molecule has 12 heteroatoms. The number of phenolic OH excluding ortho intramolecular Hbond substituents is 2. The van der Waals surface area contributed by atoms with Gasteiger partial charge in [0.2, 0.25) is 0 Å². The monoisotopic (exact) mass is 700 g/mol. The zero-order valence-electron chi connectivity index (χ0n) is 28.2. The van der Waals surface area contributed by atoms with E-state index in [0.717, 1.165) is 21.5 Å². The van der Waals surface area contributed by atoms with Crippen LogP contribution in [0.3, 0.4) is 0 Å². The molecular formula is C40H36N4O8. The van der Waals surface area contributed by atoms with Gasteiger partial charge in [-0.25, -0.2) is 0 Å². The van der Waals surface area contributed by atoms with E-state index in [1.54, 1.807) is 48.5 Å². The van der Waals surface area contributed by atoms with Crippen LogP contribution in [-0.2, 0) is 9.47 Å². The van der Waals surface area contributed by atoms with E-state index >= 15 is 0 Å². The van der Waals surface area contributed by atoms with E-state index in [4.69, 9.17) is 28.4 Å². The van der Waals surface area contributed by atoms with Crippen LogP contribution in [0.25, 0.3) is 21.5 Å². The van der Waals surface area contributed by atoms with Crippen molar-refractivity contribution < 1.29 is 38.6 Å². The molecule has 0 aliphatic carbocycles. The summed E-state index contributed by atoms with van der Waals surface area (Å²) >= 11 is 0. The van der Waals surface area contributed by atoms with Crippen molar-refractivity contribution in [2.75, 3.05) is 52.9 Å². The fraction of sp³-hybridized carbons (Fsp3) is 0.200. The van der Waals surface area contributed by atoms with Crippen molar-refractivity contribution in [3.8, 4) is 34.5 Å². The van der Waals surface area contributed by atoms with Crippen molar-refractivity contribution in [3.05, 3.63) is 109 Å². The predicted molar refractivity (Wildman–Crippen MR) is 196 cm³/mol. The summed E-state index contributed by atoms with van der Waals surface area (Å²) in [6, 6.07) is 32.7. The van der Waals surface area contributed by atoms with Gasteiger partial charge >= 0.3 is 0 Å². The van der Waals surface area contributed by atoms with Crippen LogP contribution in [0.5, 0.6) is 34.5 Å². The first-order chi connectivity index (χ1) is 25.6. The number of aromatic hydroxyl groups is 2. The van der Waals surface area contributed by atoms with E-state index in [1.165, 1.54) is 0 Å². The molecule has 1 aliphatic rings. The lowest BCUT2D eigenvalue weighted by molar-refractivity contribution is 0.0640. The minimum atomic E-state index is 0.0394. The second kappa shape index (κ2) is 16.6. The Hall–Kier alpha value is -6.24. The number of hydrogen-bond donors (Lipinski definition) is 2. The maximum absolute atomic E-state index is 10.5. The molecule has 0 spiro atoms. The minimum absolute atomic E-state index is 0.0394. The van der Waals surface area contributed by atoms with Crippen LogP contribution in [0.15, 0.2) is 130 Å². The van der Waals surface area contributed by atoms with Gasteiger partial charge < -0.3 is 38.6 Å². The van der Waals surface area contributed by atoms with Gasteiger partial charge in [-0.2, -0.15) is 10.2 Å². The van der Waals surface area contributed by atoms with Gasteiger partial charge in [-0.3, -0.25) is 0 Å². The molecule has 0 fully saturated rings. The van der Waals surface area contributed by atoms with Crippen LogP contribution >= 0.6 is 0 Å². The SMILES string of the molecule is Oc1ccc2ccccc2c1N=Nc1ccc2c(c1)OCCOCCOc1cc(N=Nc3c(O)ccc4ccccc34)ccc1OCCOCCO2. The van der Waals surface area contributed by atoms with Gasteiger partial charge in [-0.15, -0.1) is 10.2 Å². The molecule has 2 N–H and O–H groups in total. The number of benzene rings is 6. The van der Waals surface area contributed by atoms with E-state index in [9.17, 15) is 10.2 Å². The molecular weight excluding hydrogens is 664 g/mol. The van der Waals surface area contributed by atoms with Gasteiger partial charge in [0, 0.05) is 22.9 Å². The maximum atomic E-state index is 10.5. The van der Waals surface area contributed by atoms with Gasteiger partial charge in [0.1, 0.15) is 49.3 Å². The number of phenols is 2. The maximum Gasteiger partial charge on any atom is 0.163 e. The minimum Gasteiger partial charge on any atom is -0.506 e. The third kappa shape index (κ3) is 8.37. The van der Waals surface area contributed by atoms with Crippen molar-refractivity contribution in [1.29, 1.82) is 0 Å². The number of rotatable bonds is 4. The molecule has 0 saturated carbocycles. The molecule has 52 heavy (non-hydrogen) atoms. The Morgan fingerprint density at radius 1 is 0.385 bits per heavy atom. The largest absolute Gasteiger partial charge is 0.506 e. The lowest BCUT2D eigenvalue weighted by atomic mass is 10.1. The van der Waals surface area contributed by atoms with E-state index in [-0.39, 0.29) is 51.1 Å². The third-order valence-corrected chi connectivity index (χ3v) is 8.09. The molecule has 0 saturated heterocycles. The second-order valence-corrected chi connectivity index (χ2v) is 11.6.